The molecule has 4 rings (SSSR count). The summed E-state index contributed by atoms with van der Waals surface area (Å²) in [4.78, 5) is 24.4. The molecule has 1 fully saturated rings. The summed E-state index contributed by atoms with van der Waals surface area (Å²) in [6.07, 6.45) is 4.56. The lowest BCUT2D eigenvalue weighted by Crippen LogP contribution is -2.36. The molecule has 140 valence electrons. The van der Waals surface area contributed by atoms with E-state index >= 15 is 0 Å². The maximum atomic E-state index is 12.8. The Balaban J connectivity index is 1.40. The highest BCUT2D eigenvalue weighted by molar-refractivity contribution is 5.85. The molecule has 3 unspecified atom stereocenters. The molecule has 0 aromatic heterocycles. The molecule has 2 aliphatic carbocycles. The van der Waals surface area contributed by atoms with Crippen molar-refractivity contribution >= 4 is 11.9 Å². The van der Waals surface area contributed by atoms with Crippen molar-refractivity contribution < 1.29 is 14.7 Å². The maximum Gasteiger partial charge on any atom is 0.308 e. The lowest BCUT2D eigenvalue weighted by molar-refractivity contribution is -0.141. The minimum atomic E-state index is -0.868. The molecule has 2 aromatic carbocycles. The highest BCUT2D eigenvalue weighted by Gasteiger charge is 2.59. The normalized spacial score (nSPS) is 24.1. The average molecular weight is 363 g/mol. The number of aliphatic carboxylic acids is 1. The third-order valence-electron chi connectivity index (χ3n) is 6.21. The van der Waals surface area contributed by atoms with E-state index in [1.54, 1.807) is 0 Å². The van der Waals surface area contributed by atoms with Gasteiger partial charge in [-0.3, -0.25) is 9.59 Å². The summed E-state index contributed by atoms with van der Waals surface area (Å²) in [5, 5.41) is 12.5. The van der Waals surface area contributed by atoms with Gasteiger partial charge in [-0.25, -0.2) is 0 Å². The molecule has 0 aliphatic heterocycles. The van der Waals surface area contributed by atoms with Crippen LogP contribution in [0.25, 0.3) is 0 Å². The zero-order chi connectivity index (χ0) is 18.9. The molecule has 4 heteroatoms. The number of benzene rings is 2. The van der Waals surface area contributed by atoms with Crippen LogP contribution in [0, 0.1) is 11.8 Å². The van der Waals surface area contributed by atoms with E-state index in [-0.39, 0.29) is 23.8 Å². The number of carboxylic acids is 1. The van der Waals surface area contributed by atoms with Gasteiger partial charge >= 0.3 is 5.97 Å². The lowest BCUT2D eigenvalue weighted by Gasteiger charge is -2.26. The van der Waals surface area contributed by atoms with E-state index in [2.05, 4.69) is 29.6 Å². The van der Waals surface area contributed by atoms with Gasteiger partial charge in [0.1, 0.15) is 0 Å². The van der Waals surface area contributed by atoms with Crippen molar-refractivity contribution in [1.82, 2.24) is 5.32 Å². The Bertz CT molecular complexity index is 848. The van der Waals surface area contributed by atoms with Crippen LogP contribution in [0.4, 0.5) is 0 Å². The molecule has 0 heterocycles. The molecule has 0 radical (unpaired) electrons. The molecule has 0 saturated heterocycles. The molecular weight excluding hydrogens is 338 g/mol. The fourth-order valence-corrected chi connectivity index (χ4v) is 4.67. The number of aryl methyl sites for hydroxylation is 1. The molecule has 2 aliphatic rings. The quantitative estimate of drug-likeness (QED) is 0.827. The number of rotatable bonds is 6. The summed E-state index contributed by atoms with van der Waals surface area (Å²) in [7, 11) is 0. The molecule has 4 nitrogen and oxygen atoms in total. The van der Waals surface area contributed by atoms with E-state index in [1.807, 2.05) is 30.3 Å². The second kappa shape index (κ2) is 7.18. The second-order valence-corrected chi connectivity index (χ2v) is 7.89. The third kappa shape index (κ3) is 3.48. The minimum absolute atomic E-state index is 0.00557. The molecule has 1 spiro atoms. The third-order valence-corrected chi connectivity index (χ3v) is 6.21. The van der Waals surface area contributed by atoms with Crippen molar-refractivity contribution in [1.29, 1.82) is 0 Å². The van der Waals surface area contributed by atoms with Crippen LogP contribution >= 0.6 is 0 Å². The number of hydrogen-bond donors (Lipinski definition) is 2. The highest BCUT2D eigenvalue weighted by Crippen LogP contribution is 2.60. The van der Waals surface area contributed by atoms with Gasteiger partial charge in [0.15, 0.2) is 0 Å². The van der Waals surface area contributed by atoms with E-state index < -0.39 is 11.9 Å². The predicted molar refractivity (Wildman–Crippen MR) is 103 cm³/mol. The fraction of sp³-hybridized carbons (Fsp3) is 0.391. The number of nitrogens with one attached hydrogen (secondary N) is 1. The Hall–Kier alpha value is -2.62. The number of amides is 1. The van der Waals surface area contributed by atoms with E-state index in [9.17, 15) is 14.7 Å². The first-order valence-electron chi connectivity index (χ1n) is 9.73. The van der Waals surface area contributed by atoms with E-state index in [0.717, 1.165) is 31.2 Å². The topological polar surface area (TPSA) is 66.4 Å². The number of carboxylic acid groups (broad SMARTS) is 1. The van der Waals surface area contributed by atoms with E-state index in [4.69, 9.17) is 0 Å². The van der Waals surface area contributed by atoms with Crippen LogP contribution in [0.1, 0.15) is 36.0 Å². The van der Waals surface area contributed by atoms with Gasteiger partial charge in [0, 0.05) is 17.9 Å². The van der Waals surface area contributed by atoms with Crippen molar-refractivity contribution in [3.05, 3.63) is 71.3 Å². The van der Waals surface area contributed by atoms with Gasteiger partial charge in [0.2, 0.25) is 5.91 Å². The summed E-state index contributed by atoms with van der Waals surface area (Å²) in [6.45, 7) is 0.178. The first-order valence-corrected chi connectivity index (χ1v) is 9.73. The largest absolute Gasteiger partial charge is 0.481 e. The SMILES string of the molecule is O=C(O)C(CNC(=O)C1CC12CCCc1ccccc12)Cc1ccccc1. The average Bonchev–Trinajstić information content (AvgIpc) is 3.40. The fourth-order valence-electron chi connectivity index (χ4n) is 4.67. The molecule has 1 saturated carbocycles. The molecule has 1 amide bonds. The zero-order valence-corrected chi connectivity index (χ0v) is 15.4. The minimum Gasteiger partial charge on any atom is -0.481 e. The first-order chi connectivity index (χ1) is 13.1. The van der Waals surface area contributed by atoms with Crippen molar-refractivity contribution in [2.24, 2.45) is 11.8 Å². The zero-order valence-electron chi connectivity index (χ0n) is 15.4. The maximum absolute atomic E-state index is 12.8. The number of hydrogen-bond acceptors (Lipinski definition) is 2. The van der Waals surface area contributed by atoms with Crippen LogP contribution in [0.5, 0.6) is 0 Å². The van der Waals surface area contributed by atoms with Gasteiger partial charge in [-0.1, -0.05) is 54.6 Å². The van der Waals surface area contributed by atoms with Gasteiger partial charge in [-0.05, 0) is 48.8 Å². The molecule has 2 N–H and O–H groups in total. The standard InChI is InChI=1S/C23H25NO3/c25-21(24-15-18(22(26)27)13-16-7-2-1-3-8-16)20-14-23(20)12-6-10-17-9-4-5-11-19(17)23/h1-5,7-9,11,18,20H,6,10,12-15H2,(H,24,25)(H,26,27). The Labute approximate surface area is 159 Å². The second-order valence-electron chi connectivity index (χ2n) is 7.89. The van der Waals surface area contributed by atoms with Crippen LogP contribution in [0.2, 0.25) is 0 Å². The Morgan fingerprint density at radius 3 is 2.63 bits per heavy atom. The van der Waals surface area contributed by atoms with Gasteiger partial charge in [0.05, 0.1) is 5.92 Å². The Kier molecular flexibility index (Phi) is 4.73. The molecule has 2 aromatic rings. The monoisotopic (exact) mass is 363 g/mol. The van der Waals surface area contributed by atoms with Crippen LogP contribution in [-0.4, -0.2) is 23.5 Å². The van der Waals surface area contributed by atoms with Crippen molar-refractivity contribution in [2.45, 2.75) is 37.5 Å². The summed E-state index contributed by atoms with van der Waals surface area (Å²) >= 11 is 0. The number of fused-ring (bicyclic) bond motifs is 2. The summed E-state index contributed by atoms with van der Waals surface area (Å²) in [5.41, 5.74) is 3.65. The Morgan fingerprint density at radius 1 is 1.11 bits per heavy atom. The number of carbonyl (C=O) groups is 2. The summed E-state index contributed by atoms with van der Waals surface area (Å²) in [6, 6.07) is 18.0. The highest BCUT2D eigenvalue weighted by atomic mass is 16.4. The van der Waals surface area contributed by atoms with Crippen LogP contribution in [-0.2, 0) is 27.8 Å². The van der Waals surface area contributed by atoms with Gasteiger partial charge < -0.3 is 10.4 Å². The first kappa shape index (κ1) is 17.8. The summed E-state index contributed by atoms with van der Waals surface area (Å²) < 4.78 is 0. The van der Waals surface area contributed by atoms with E-state index in [1.165, 1.54) is 11.1 Å². The Morgan fingerprint density at radius 2 is 1.85 bits per heavy atom. The van der Waals surface area contributed by atoms with Gasteiger partial charge in [-0.2, -0.15) is 0 Å². The van der Waals surface area contributed by atoms with Crippen LogP contribution < -0.4 is 5.32 Å². The van der Waals surface area contributed by atoms with Gasteiger partial charge in [-0.15, -0.1) is 0 Å². The lowest BCUT2D eigenvalue weighted by atomic mass is 9.78. The van der Waals surface area contributed by atoms with Crippen molar-refractivity contribution in [3.63, 3.8) is 0 Å². The summed E-state index contributed by atoms with van der Waals surface area (Å²) in [5.74, 6) is -1.49. The smallest absolute Gasteiger partial charge is 0.308 e. The molecular formula is C23H25NO3. The van der Waals surface area contributed by atoms with E-state index in [0.29, 0.717) is 6.42 Å². The molecule has 0 bridgehead atoms. The van der Waals surface area contributed by atoms with Crippen molar-refractivity contribution in [2.75, 3.05) is 6.54 Å². The van der Waals surface area contributed by atoms with Crippen LogP contribution in [0.15, 0.2) is 54.6 Å². The molecule has 3 atom stereocenters. The molecule has 27 heavy (non-hydrogen) atoms. The van der Waals surface area contributed by atoms with Crippen molar-refractivity contribution in [3.8, 4) is 0 Å². The number of carbonyl (C=O) groups excluding carboxylic acids is 1. The van der Waals surface area contributed by atoms with Crippen LogP contribution in [0.3, 0.4) is 0 Å². The predicted octanol–water partition coefficient (Wildman–Crippen LogP) is 3.34. The van der Waals surface area contributed by atoms with Gasteiger partial charge in [0.25, 0.3) is 0 Å².